The molecule has 0 bridgehead atoms. The molecule has 4 unspecified atom stereocenters. The van der Waals surface area contributed by atoms with E-state index in [1.165, 1.54) is 39.4 Å². The van der Waals surface area contributed by atoms with Gasteiger partial charge in [-0.15, -0.1) is 0 Å². The van der Waals surface area contributed by atoms with Gasteiger partial charge in [-0.25, -0.2) is 9.18 Å². The molecule has 4 aliphatic carbocycles. The number of esters is 4. The van der Waals surface area contributed by atoms with E-state index in [1.54, 1.807) is 53.7 Å². The predicted molar refractivity (Wildman–Crippen MR) is 307 cm³/mol. The minimum Gasteiger partial charge on any atom is -0.463 e. The molecule has 0 spiro atoms. The molecule has 4 aliphatic rings. The van der Waals surface area contributed by atoms with Crippen LogP contribution in [0.5, 0.6) is 0 Å². The number of rotatable bonds is 34. The lowest BCUT2D eigenvalue weighted by Crippen LogP contribution is -2.69. The van der Waals surface area contributed by atoms with Crippen LogP contribution < -0.4 is 10.6 Å². The number of alkyl halides is 1. The Morgan fingerprint density at radius 1 is 0.839 bits per heavy atom. The smallest absolute Gasteiger partial charge is 0.463 e. The van der Waals surface area contributed by atoms with Gasteiger partial charge in [0, 0.05) is 44.3 Å². The van der Waals surface area contributed by atoms with Crippen LogP contribution in [0.1, 0.15) is 126 Å². The molecule has 488 valence electrons. The van der Waals surface area contributed by atoms with Crippen LogP contribution in [0.25, 0.3) is 0 Å². The molecule has 12 atom stereocenters. The van der Waals surface area contributed by atoms with E-state index < -0.39 is 162 Å². The van der Waals surface area contributed by atoms with E-state index in [0.717, 1.165) is 9.80 Å². The Kier molecular flexibility index (Phi) is 27.7. The summed E-state index contributed by atoms with van der Waals surface area (Å²) < 4.78 is 59.2. The summed E-state index contributed by atoms with van der Waals surface area (Å²) in [5.74, 6) is -9.20. The number of fused-ring (bicyclic) bond motifs is 5. The fourth-order valence-electron chi connectivity index (χ4n) is 12.5. The maximum Gasteiger partial charge on any atom is 0.511 e. The highest BCUT2D eigenvalue weighted by atomic mass is 19.1. The van der Waals surface area contributed by atoms with E-state index in [9.17, 15) is 63.0 Å². The van der Waals surface area contributed by atoms with Crippen molar-refractivity contribution in [2.75, 3.05) is 80.7 Å². The van der Waals surface area contributed by atoms with Crippen molar-refractivity contribution < 1.29 is 105 Å². The summed E-state index contributed by atoms with van der Waals surface area (Å²) in [5, 5.41) is 28.8. The molecule has 0 aromatic rings. The quantitative estimate of drug-likeness (QED) is 0.0234. The van der Waals surface area contributed by atoms with Gasteiger partial charge < -0.3 is 68.5 Å². The van der Waals surface area contributed by atoms with Gasteiger partial charge in [0.2, 0.25) is 36.2 Å². The number of halogens is 1. The molecular formula is C61H91FN4O21. The van der Waals surface area contributed by atoms with Crippen molar-refractivity contribution in [2.45, 2.75) is 162 Å². The molecular weight excluding hydrogens is 1140 g/mol. The zero-order valence-corrected chi connectivity index (χ0v) is 52.1. The summed E-state index contributed by atoms with van der Waals surface area (Å²) in [4.78, 5) is 144. The van der Waals surface area contributed by atoms with Crippen LogP contribution >= 0.6 is 0 Å². The maximum atomic E-state index is 17.5. The van der Waals surface area contributed by atoms with Crippen molar-refractivity contribution in [1.82, 2.24) is 20.4 Å². The number of Topliss-reactive ketones (excluding diaryl/α,β-unsaturated/α-hetero) is 1. The molecule has 0 aromatic carbocycles. The highest BCUT2D eigenvalue weighted by molar-refractivity contribution is 6.01. The monoisotopic (exact) mass is 1230 g/mol. The molecule has 26 heteroatoms. The molecule has 3 fully saturated rings. The second-order valence-corrected chi connectivity index (χ2v) is 23.7. The lowest BCUT2D eigenvalue weighted by Gasteiger charge is -2.62. The molecule has 0 aliphatic heterocycles. The van der Waals surface area contributed by atoms with E-state index >= 15 is 4.39 Å². The van der Waals surface area contributed by atoms with Crippen molar-refractivity contribution in [1.29, 1.82) is 0 Å². The second kappa shape index (κ2) is 33.1. The second-order valence-electron chi connectivity index (χ2n) is 23.7. The molecule has 0 heterocycles. The summed E-state index contributed by atoms with van der Waals surface area (Å²) >= 11 is 0. The van der Waals surface area contributed by atoms with Crippen LogP contribution in [-0.4, -0.2) is 202 Å². The van der Waals surface area contributed by atoms with Crippen LogP contribution in [0.3, 0.4) is 0 Å². The topological polar surface area (TPSA) is 333 Å². The maximum absolute atomic E-state index is 17.5. The first-order chi connectivity index (χ1) is 41.0. The van der Waals surface area contributed by atoms with Crippen LogP contribution in [0.15, 0.2) is 36.0 Å². The third kappa shape index (κ3) is 18.2. The van der Waals surface area contributed by atoms with Gasteiger partial charge in [-0.2, -0.15) is 0 Å². The molecule has 25 nitrogen and oxygen atoms in total. The lowest BCUT2D eigenvalue weighted by atomic mass is 9.44. The number of aliphatic hydroxyl groups excluding tert-OH is 1. The van der Waals surface area contributed by atoms with E-state index in [0.29, 0.717) is 24.8 Å². The van der Waals surface area contributed by atoms with Gasteiger partial charge >= 0.3 is 30.0 Å². The average molecular weight is 1240 g/mol. The summed E-state index contributed by atoms with van der Waals surface area (Å²) in [6.45, 7) is 11.6. The summed E-state index contributed by atoms with van der Waals surface area (Å²) in [6, 6.07) is -2.58. The van der Waals surface area contributed by atoms with E-state index in [-0.39, 0.29) is 90.0 Å². The lowest BCUT2D eigenvalue weighted by molar-refractivity contribution is -0.220. The van der Waals surface area contributed by atoms with Crippen LogP contribution in [0.4, 0.5) is 9.18 Å². The first-order valence-corrected chi connectivity index (χ1v) is 29.8. The standard InChI is InChI=1S/C61H91FN4O21/c1-12-14-15-38(5)54(53(66(11)48(71)30-37(3)4)55(76)64-44(13-2)56(77)65(10)34-47(70)63-9)87-57(78)86-36-85-52(75)21-19-50(73)83-29-27-81-25-24-80-26-28-82-49(72)18-20-51(74)84-35-46(69)61(79)39(6)31-43-42-17-16-40-32-41(67)22-23-58(40,7)60(42,62)45(68)33-59(43,61)8/h12,14,22-23,32,37-39,42-45,53-54,68,79H,13,15-21,24-31,33-36H2,1-11H3,(H,63,70)(H,64,76)/b14-12+/t38-,39-,42?,43?,44?,45+,53?,54-,58+,59+,60+,61+/m1/s1. The normalized spacial score (nSPS) is 25.9. The molecule has 0 radical (unpaired) electrons. The number of hydrogen-bond donors (Lipinski definition) is 4. The molecule has 4 amide bonds. The minimum atomic E-state index is -2.15. The van der Waals surface area contributed by atoms with E-state index in [1.807, 2.05) is 13.8 Å². The molecule has 0 aromatic heterocycles. The Morgan fingerprint density at radius 3 is 1.98 bits per heavy atom. The van der Waals surface area contributed by atoms with Gasteiger partial charge in [0.1, 0.15) is 37.0 Å². The van der Waals surface area contributed by atoms with Crippen molar-refractivity contribution >= 4 is 65.2 Å². The number of likely N-dealkylation sites (N-methyl/N-ethyl adjacent to an activating group) is 3. The first kappa shape index (κ1) is 72.8. The Morgan fingerprint density at radius 2 is 1.41 bits per heavy atom. The fraction of sp³-hybridized carbons (Fsp3) is 0.721. The third-order valence-corrected chi connectivity index (χ3v) is 17.4. The average Bonchev–Trinajstić information content (AvgIpc) is 1.65. The molecule has 87 heavy (non-hydrogen) atoms. The highest BCUT2D eigenvalue weighted by Crippen LogP contribution is 2.70. The zero-order valence-electron chi connectivity index (χ0n) is 52.1. The number of hydrogen-bond acceptors (Lipinski definition) is 21. The first-order valence-electron chi connectivity index (χ1n) is 29.8. The minimum absolute atomic E-state index is 0.0193. The number of nitrogens with zero attached hydrogens (tertiary/aromatic N) is 2. The summed E-state index contributed by atoms with van der Waals surface area (Å²) in [6.07, 6.45) is 3.16. The number of ketones is 2. The summed E-state index contributed by atoms with van der Waals surface area (Å²) in [5.41, 5.74) is -6.07. The highest BCUT2D eigenvalue weighted by Gasteiger charge is 2.75. The number of amides is 4. The zero-order chi connectivity index (χ0) is 65.0. The molecule has 4 rings (SSSR count). The van der Waals surface area contributed by atoms with Crippen LogP contribution in [0.2, 0.25) is 0 Å². The van der Waals surface area contributed by atoms with Gasteiger partial charge in [-0.05, 0) is 88.2 Å². The van der Waals surface area contributed by atoms with Gasteiger partial charge in [-0.1, -0.05) is 65.3 Å². The van der Waals surface area contributed by atoms with E-state index in [2.05, 4.69) is 10.6 Å². The SMILES string of the molecule is C/C=C/C[C@@H](C)[C@@H](OC(=O)OCOC(=O)CCC(=O)OCCOCCOCCOC(=O)CCC(=O)OCC(=O)[C@@]1(O)[C@H](C)CC2C3CCC4=CC(=O)C=C[C@]4(C)[C@@]3(F)[C@@H](O)C[C@@]21C)C(C(=O)NC(CC)C(=O)N(C)CC(=O)NC)N(C)C(=O)CC(C)C. The van der Waals surface area contributed by atoms with Crippen molar-refractivity contribution in [3.05, 3.63) is 36.0 Å². The third-order valence-electron chi connectivity index (χ3n) is 17.4. The number of carbonyl (C=O) groups is 11. The number of carbonyl (C=O) groups excluding carboxylic acids is 11. The molecule has 0 saturated heterocycles. The Hall–Kier alpha value is -6.64. The van der Waals surface area contributed by atoms with Crippen molar-refractivity contribution in [3.8, 4) is 0 Å². The Labute approximate surface area is 508 Å². The van der Waals surface area contributed by atoms with Crippen molar-refractivity contribution in [3.63, 3.8) is 0 Å². The number of allylic oxidation sites excluding steroid dienone is 6. The van der Waals surface area contributed by atoms with Crippen molar-refractivity contribution in [2.24, 2.45) is 40.4 Å². The fourth-order valence-corrected chi connectivity index (χ4v) is 12.5. The predicted octanol–water partition coefficient (Wildman–Crippen LogP) is 3.72. The number of ether oxygens (including phenoxy) is 8. The van der Waals surface area contributed by atoms with Gasteiger partial charge in [0.15, 0.2) is 18.1 Å². The van der Waals surface area contributed by atoms with Gasteiger partial charge in [0.05, 0.1) is 64.8 Å². The van der Waals surface area contributed by atoms with E-state index in [4.69, 9.17) is 37.9 Å². The molecule has 4 N–H and O–H groups in total. The van der Waals surface area contributed by atoms with Gasteiger partial charge in [0.25, 0.3) is 0 Å². The largest absolute Gasteiger partial charge is 0.511 e. The van der Waals surface area contributed by atoms with Gasteiger partial charge in [-0.3, -0.25) is 47.9 Å². The Balaban J connectivity index is 1.10. The van der Waals surface area contributed by atoms with Crippen LogP contribution in [0, 0.1) is 40.4 Å². The van der Waals surface area contributed by atoms with Crippen LogP contribution in [-0.2, 0) is 85.8 Å². The summed E-state index contributed by atoms with van der Waals surface area (Å²) in [7, 11) is 4.19. The molecule has 3 saturated carbocycles. The number of nitrogens with one attached hydrogen (secondary N) is 2. The Bertz CT molecular complexity index is 2580. The number of aliphatic hydroxyl groups is 2.